The summed E-state index contributed by atoms with van der Waals surface area (Å²) >= 11 is 10.1. The Balaban J connectivity index is 2.75. The number of hydrogen-bond acceptors (Lipinski definition) is 1. The van der Waals surface area contributed by atoms with Crippen molar-refractivity contribution in [1.82, 2.24) is 0 Å². The van der Waals surface area contributed by atoms with Crippen molar-refractivity contribution in [1.29, 1.82) is 0 Å². The summed E-state index contributed by atoms with van der Waals surface area (Å²) in [4.78, 5) is 0. The first-order valence-electron chi connectivity index (χ1n) is 1.64. The van der Waals surface area contributed by atoms with Gasteiger partial charge in [-0.05, 0) is 6.92 Å². The summed E-state index contributed by atoms with van der Waals surface area (Å²) in [7, 11) is 0. The highest BCUT2D eigenvalue weighted by molar-refractivity contribution is 6.18. The molecule has 0 aromatic heterocycles. The van der Waals surface area contributed by atoms with Crippen molar-refractivity contribution >= 4 is 23.5 Å². The number of hydrogen-bond donors (Lipinski definition) is 0. The van der Waals surface area contributed by atoms with Gasteiger partial charge in [-0.1, -0.05) is 0 Å². The van der Waals surface area contributed by atoms with Gasteiger partial charge >= 0.3 is 0 Å². The van der Waals surface area contributed by atoms with Crippen LogP contribution in [0, 0.1) is 0 Å². The lowest BCUT2D eigenvalue weighted by Gasteiger charge is -1.96. The van der Waals surface area contributed by atoms with Crippen LogP contribution >= 0.6 is 23.5 Å². The molecule has 0 saturated heterocycles. The van der Waals surface area contributed by atoms with Crippen LogP contribution < -0.4 is 0 Å². The average Bonchev–Trinajstić information content (AvgIpc) is 1.65. The first-order valence-corrected chi connectivity index (χ1v) is 2.49. The van der Waals surface area contributed by atoms with Crippen molar-refractivity contribution in [2.75, 3.05) is 5.88 Å². The number of rotatable bonds is 2. The first kappa shape index (κ1) is 6.54. The second kappa shape index (κ2) is 3.72. The Hall–Kier alpha value is 0.540. The summed E-state index contributed by atoms with van der Waals surface area (Å²) in [5.74, 6) is 0.448. The summed E-state index contributed by atoms with van der Waals surface area (Å²) in [6, 6.07) is 0. The van der Waals surface area contributed by atoms with E-state index in [9.17, 15) is 0 Å². The quantitative estimate of drug-likeness (QED) is 0.516. The van der Waals surface area contributed by atoms with Gasteiger partial charge in [-0.15, -0.1) is 11.6 Å². The van der Waals surface area contributed by atoms with Gasteiger partial charge in [-0.2, -0.15) is 0 Å². The lowest BCUT2D eigenvalue weighted by molar-refractivity contribution is 0.272. The van der Waals surface area contributed by atoms with Gasteiger partial charge in [0.2, 0.25) is 0 Å². The van der Waals surface area contributed by atoms with Crippen LogP contribution in [0.15, 0.2) is 0 Å². The largest absolute Gasteiger partial charge is 0.275 e. The Morgan fingerprint density at radius 3 is 2.33 bits per heavy atom. The van der Waals surface area contributed by atoms with E-state index < -0.39 is 0 Å². The molecule has 0 aliphatic carbocycles. The van der Waals surface area contributed by atoms with E-state index in [1.54, 1.807) is 6.92 Å². The zero-order chi connectivity index (χ0) is 4.99. The Morgan fingerprint density at radius 2 is 2.33 bits per heavy atom. The van der Waals surface area contributed by atoms with E-state index in [1.807, 2.05) is 0 Å². The van der Waals surface area contributed by atoms with Gasteiger partial charge in [0.15, 0.2) is 0 Å². The summed E-state index contributed by atoms with van der Waals surface area (Å²) < 4.78 is 4.24. The zero-order valence-corrected chi connectivity index (χ0v) is 4.96. The second-order valence-electron chi connectivity index (χ2n) is 1.05. The molecule has 1 atom stereocenters. The molecule has 3 heteroatoms. The van der Waals surface area contributed by atoms with E-state index in [1.165, 1.54) is 0 Å². The minimum atomic E-state index is -0.0340. The minimum absolute atomic E-state index is 0.0340. The predicted octanol–water partition coefficient (Wildman–Crippen LogP) is 1.78. The third kappa shape index (κ3) is 2.76. The van der Waals surface area contributed by atoms with Gasteiger partial charge < -0.3 is 0 Å². The molecule has 0 fully saturated rings. The van der Waals surface area contributed by atoms with Crippen LogP contribution in [0.2, 0.25) is 0 Å². The highest BCUT2D eigenvalue weighted by Gasteiger charge is 1.93. The van der Waals surface area contributed by atoms with E-state index >= 15 is 0 Å². The van der Waals surface area contributed by atoms with Gasteiger partial charge in [0.05, 0.1) is 23.9 Å². The molecular weight excluding hydrogens is 123 g/mol. The number of alkyl halides is 1. The van der Waals surface area contributed by atoms with Gasteiger partial charge in [0, 0.05) is 0 Å². The fraction of sp³-hybridized carbons (Fsp3) is 1.00. The zero-order valence-electron chi connectivity index (χ0n) is 3.45. The summed E-state index contributed by atoms with van der Waals surface area (Å²) in [6.45, 7) is 1.79. The monoisotopic (exact) mass is 128 g/mol. The molecule has 0 aromatic rings. The maximum Gasteiger partial charge on any atom is 0.0897 e. The topological polar surface area (TPSA) is 9.23 Å². The predicted molar refractivity (Wildman–Crippen MR) is 27.1 cm³/mol. The standard InChI is InChI=1S/C3H6Cl2O/c1-3(2-4)6-5/h3H,2H2,1H3. The normalized spacial score (nSPS) is 14.5. The molecule has 0 aromatic carbocycles. The molecule has 1 nitrogen and oxygen atoms in total. The molecule has 38 valence electrons. The van der Waals surface area contributed by atoms with Crippen molar-refractivity contribution in [3.8, 4) is 0 Å². The molecule has 0 aliphatic rings. The molecule has 1 unspecified atom stereocenters. The van der Waals surface area contributed by atoms with Crippen molar-refractivity contribution in [2.24, 2.45) is 0 Å². The average molecular weight is 129 g/mol. The molecule has 0 bridgehead atoms. The molecule has 0 rings (SSSR count). The van der Waals surface area contributed by atoms with E-state index in [-0.39, 0.29) is 6.10 Å². The van der Waals surface area contributed by atoms with E-state index in [2.05, 4.69) is 4.29 Å². The van der Waals surface area contributed by atoms with Gasteiger partial charge in [0.25, 0.3) is 0 Å². The number of halogens is 2. The van der Waals surface area contributed by atoms with E-state index in [4.69, 9.17) is 23.5 Å². The van der Waals surface area contributed by atoms with Crippen molar-refractivity contribution < 1.29 is 4.29 Å². The third-order valence-electron chi connectivity index (χ3n) is 0.369. The van der Waals surface area contributed by atoms with E-state index in [0.717, 1.165) is 0 Å². The Labute approximate surface area is 47.4 Å². The fourth-order valence-corrected chi connectivity index (χ4v) is 0.214. The Morgan fingerprint density at radius 1 is 1.83 bits per heavy atom. The van der Waals surface area contributed by atoms with E-state index in [0.29, 0.717) is 5.88 Å². The van der Waals surface area contributed by atoms with Crippen molar-refractivity contribution in [2.45, 2.75) is 13.0 Å². The first-order chi connectivity index (χ1) is 2.81. The summed E-state index contributed by atoms with van der Waals surface area (Å²) in [5.41, 5.74) is 0. The molecular formula is C3H6Cl2O. The van der Waals surface area contributed by atoms with Gasteiger partial charge in [-0.3, -0.25) is 4.29 Å². The molecule has 0 radical (unpaired) electrons. The van der Waals surface area contributed by atoms with Crippen molar-refractivity contribution in [3.63, 3.8) is 0 Å². The molecule has 0 spiro atoms. The molecule has 0 aliphatic heterocycles. The molecule has 0 amide bonds. The second-order valence-corrected chi connectivity index (χ2v) is 1.54. The fourth-order valence-electron chi connectivity index (χ4n) is 0.0238. The Kier molecular flexibility index (Phi) is 4.06. The SMILES string of the molecule is CC(CCl)OCl. The van der Waals surface area contributed by atoms with Crippen LogP contribution in [-0.4, -0.2) is 12.0 Å². The minimum Gasteiger partial charge on any atom is -0.275 e. The van der Waals surface area contributed by atoms with Crippen LogP contribution in [0.5, 0.6) is 0 Å². The lowest BCUT2D eigenvalue weighted by Crippen LogP contribution is -2.01. The maximum absolute atomic E-state index is 5.24. The van der Waals surface area contributed by atoms with Crippen LogP contribution in [-0.2, 0) is 4.29 Å². The highest BCUT2D eigenvalue weighted by Crippen LogP contribution is 1.94. The Bertz CT molecular complexity index is 28.0. The smallest absolute Gasteiger partial charge is 0.0897 e. The van der Waals surface area contributed by atoms with Crippen LogP contribution in [0.1, 0.15) is 6.92 Å². The third-order valence-corrected chi connectivity index (χ3v) is 1.11. The highest BCUT2D eigenvalue weighted by atomic mass is 35.5. The molecule has 6 heavy (non-hydrogen) atoms. The lowest BCUT2D eigenvalue weighted by atomic mass is 10.5. The van der Waals surface area contributed by atoms with Crippen LogP contribution in [0.3, 0.4) is 0 Å². The van der Waals surface area contributed by atoms with Crippen molar-refractivity contribution in [3.05, 3.63) is 0 Å². The maximum atomic E-state index is 5.24. The molecule has 0 heterocycles. The van der Waals surface area contributed by atoms with Crippen LogP contribution in [0.25, 0.3) is 0 Å². The van der Waals surface area contributed by atoms with Crippen LogP contribution in [0.4, 0.5) is 0 Å². The summed E-state index contributed by atoms with van der Waals surface area (Å²) in [5, 5.41) is 0. The molecule has 0 N–H and O–H groups in total. The summed E-state index contributed by atoms with van der Waals surface area (Å²) in [6.07, 6.45) is -0.0340. The van der Waals surface area contributed by atoms with Gasteiger partial charge in [0.1, 0.15) is 0 Å². The van der Waals surface area contributed by atoms with Gasteiger partial charge in [-0.25, -0.2) is 0 Å². The molecule has 0 saturated carbocycles.